The van der Waals surface area contributed by atoms with Crippen LogP contribution in [0.4, 0.5) is 0 Å². The highest BCUT2D eigenvalue weighted by Gasteiger charge is 2.10. The molecule has 3 heteroatoms. The number of rotatable bonds is 8. The van der Waals surface area contributed by atoms with E-state index >= 15 is 0 Å². The van der Waals surface area contributed by atoms with Gasteiger partial charge in [0.1, 0.15) is 6.10 Å². The van der Waals surface area contributed by atoms with Gasteiger partial charge in [0, 0.05) is 18.0 Å². The third-order valence-corrected chi connectivity index (χ3v) is 3.36. The van der Waals surface area contributed by atoms with Crippen LogP contribution in [0.2, 0.25) is 0 Å². The van der Waals surface area contributed by atoms with Crippen LogP contribution in [-0.2, 0) is 4.74 Å². The zero-order valence-electron chi connectivity index (χ0n) is 9.45. The van der Waals surface area contributed by atoms with Crippen LogP contribution < -0.4 is 5.73 Å². The van der Waals surface area contributed by atoms with Gasteiger partial charge in [0.05, 0.1) is 0 Å². The Balaban J connectivity index is 2.18. The topological polar surface area (TPSA) is 35.2 Å². The first-order valence-electron chi connectivity index (χ1n) is 5.73. The minimum absolute atomic E-state index is 0.103. The largest absolute Gasteiger partial charge is 0.371 e. The van der Waals surface area contributed by atoms with Crippen LogP contribution in [0.25, 0.3) is 0 Å². The van der Waals surface area contributed by atoms with Crippen molar-refractivity contribution in [1.29, 1.82) is 0 Å². The van der Waals surface area contributed by atoms with E-state index in [2.05, 4.69) is 18.4 Å². The molecule has 0 amide bonds. The standard InChI is InChI=1S/C12H21NOS/c1-2-3-4-5-8-14-11(10-13)12-7-6-9-15-12/h6-7,9,11H,2-5,8,10,13H2,1H3. The fraction of sp³-hybridized carbons (Fsp3) is 0.667. The second kappa shape index (κ2) is 7.85. The first kappa shape index (κ1) is 12.7. The van der Waals surface area contributed by atoms with E-state index in [1.807, 2.05) is 6.07 Å². The summed E-state index contributed by atoms with van der Waals surface area (Å²) in [4.78, 5) is 1.24. The molecule has 2 N–H and O–H groups in total. The van der Waals surface area contributed by atoms with Gasteiger partial charge in [-0.3, -0.25) is 0 Å². The van der Waals surface area contributed by atoms with E-state index in [4.69, 9.17) is 10.5 Å². The molecule has 1 aromatic rings. The summed E-state index contributed by atoms with van der Waals surface area (Å²) in [7, 11) is 0. The lowest BCUT2D eigenvalue weighted by molar-refractivity contribution is 0.0582. The van der Waals surface area contributed by atoms with Crippen LogP contribution in [0.3, 0.4) is 0 Å². The predicted octanol–water partition coefficient (Wildman–Crippen LogP) is 3.34. The summed E-state index contributed by atoms with van der Waals surface area (Å²) in [6.07, 6.45) is 5.08. The maximum Gasteiger partial charge on any atom is 0.104 e. The lowest BCUT2D eigenvalue weighted by Crippen LogP contribution is -2.15. The van der Waals surface area contributed by atoms with Crippen molar-refractivity contribution in [3.8, 4) is 0 Å². The zero-order valence-corrected chi connectivity index (χ0v) is 10.3. The number of thiophene rings is 1. The van der Waals surface area contributed by atoms with E-state index < -0.39 is 0 Å². The molecule has 86 valence electrons. The van der Waals surface area contributed by atoms with Gasteiger partial charge in [0.25, 0.3) is 0 Å². The van der Waals surface area contributed by atoms with Crippen LogP contribution in [0.1, 0.15) is 43.6 Å². The highest BCUT2D eigenvalue weighted by Crippen LogP contribution is 2.21. The molecular formula is C12H21NOS. The van der Waals surface area contributed by atoms with E-state index in [0.29, 0.717) is 6.54 Å². The molecule has 2 nitrogen and oxygen atoms in total. The quantitative estimate of drug-likeness (QED) is 0.691. The van der Waals surface area contributed by atoms with Gasteiger partial charge in [-0.05, 0) is 17.9 Å². The minimum atomic E-state index is 0.103. The Hall–Kier alpha value is -0.380. The molecule has 0 aliphatic carbocycles. The van der Waals surface area contributed by atoms with Gasteiger partial charge >= 0.3 is 0 Å². The number of ether oxygens (including phenoxy) is 1. The molecule has 1 atom stereocenters. The van der Waals surface area contributed by atoms with Crippen LogP contribution in [0, 0.1) is 0 Å². The summed E-state index contributed by atoms with van der Waals surface area (Å²) in [5.41, 5.74) is 5.69. The summed E-state index contributed by atoms with van der Waals surface area (Å²) < 4.78 is 5.77. The van der Waals surface area contributed by atoms with Gasteiger partial charge in [0.15, 0.2) is 0 Å². The van der Waals surface area contributed by atoms with Crippen LogP contribution in [0.5, 0.6) is 0 Å². The molecule has 0 aromatic carbocycles. The fourth-order valence-corrected chi connectivity index (χ4v) is 2.28. The van der Waals surface area contributed by atoms with Crippen molar-refractivity contribution in [3.63, 3.8) is 0 Å². The van der Waals surface area contributed by atoms with E-state index in [0.717, 1.165) is 13.0 Å². The smallest absolute Gasteiger partial charge is 0.104 e. The maximum absolute atomic E-state index is 5.77. The zero-order chi connectivity index (χ0) is 10.9. The van der Waals surface area contributed by atoms with Crippen molar-refractivity contribution in [1.82, 2.24) is 0 Å². The normalized spacial score (nSPS) is 12.9. The van der Waals surface area contributed by atoms with Crippen LogP contribution in [-0.4, -0.2) is 13.2 Å². The third kappa shape index (κ3) is 4.78. The fourth-order valence-electron chi connectivity index (χ4n) is 1.50. The van der Waals surface area contributed by atoms with Crippen LogP contribution in [0.15, 0.2) is 17.5 Å². The second-order valence-corrected chi connectivity index (χ2v) is 4.65. The Morgan fingerprint density at radius 1 is 1.40 bits per heavy atom. The predicted molar refractivity (Wildman–Crippen MR) is 66.2 cm³/mol. The monoisotopic (exact) mass is 227 g/mol. The summed E-state index contributed by atoms with van der Waals surface area (Å²) in [5.74, 6) is 0. The maximum atomic E-state index is 5.77. The average molecular weight is 227 g/mol. The highest BCUT2D eigenvalue weighted by atomic mass is 32.1. The van der Waals surface area contributed by atoms with E-state index in [1.165, 1.54) is 24.1 Å². The number of nitrogens with two attached hydrogens (primary N) is 1. The first-order chi connectivity index (χ1) is 7.38. The number of hydrogen-bond donors (Lipinski definition) is 1. The molecule has 1 heterocycles. The molecule has 0 aliphatic rings. The summed E-state index contributed by atoms with van der Waals surface area (Å²) in [5, 5.41) is 2.07. The highest BCUT2D eigenvalue weighted by molar-refractivity contribution is 7.10. The molecule has 1 aromatic heterocycles. The summed E-state index contributed by atoms with van der Waals surface area (Å²) in [6.45, 7) is 3.63. The molecular weight excluding hydrogens is 206 g/mol. The van der Waals surface area contributed by atoms with Gasteiger partial charge in [-0.1, -0.05) is 32.3 Å². The molecule has 1 unspecified atom stereocenters. The molecule has 15 heavy (non-hydrogen) atoms. The van der Waals surface area contributed by atoms with E-state index in [-0.39, 0.29) is 6.10 Å². The average Bonchev–Trinajstić information content (AvgIpc) is 2.77. The minimum Gasteiger partial charge on any atom is -0.371 e. The van der Waals surface area contributed by atoms with E-state index in [1.54, 1.807) is 11.3 Å². The Kier molecular flexibility index (Phi) is 6.64. The van der Waals surface area contributed by atoms with Crippen molar-refractivity contribution in [2.24, 2.45) is 5.73 Å². The molecule has 0 spiro atoms. The Morgan fingerprint density at radius 2 is 2.27 bits per heavy atom. The van der Waals surface area contributed by atoms with E-state index in [9.17, 15) is 0 Å². The molecule has 0 bridgehead atoms. The van der Waals surface area contributed by atoms with Gasteiger partial charge in [0.2, 0.25) is 0 Å². The third-order valence-electron chi connectivity index (χ3n) is 2.39. The molecule has 1 rings (SSSR count). The Bertz CT molecular complexity index is 236. The number of unbranched alkanes of at least 4 members (excludes halogenated alkanes) is 3. The second-order valence-electron chi connectivity index (χ2n) is 3.67. The van der Waals surface area contributed by atoms with Gasteiger partial charge in [-0.15, -0.1) is 11.3 Å². The molecule has 0 saturated carbocycles. The van der Waals surface area contributed by atoms with Gasteiger partial charge < -0.3 is 10.5 Å². The lowest BCUT2D eigenvalue weighted by Gasteiger charge is -2.14. The number of hydrogen-bond acceptors (Lipinski definition) is 3. The first-order valence-corrected chi connectivity index (χ1v) is 6.61. The molecule has 0 radical (unpaired) electrons. The summed E-state index contributed by atoms with van der Waals surface area (Å²) >= 11 is 1.72. The van der Waals surface area contributed by atoms with Crippen molar-refractivity contribution >= 4 is 11.3 Å². The van der Waals surface area contributed by atoms with Gasteiger partial charge in [-0.25, -0.2) is 0 Å². The molecule has 0 fully saturated rings. The SMILES string of the molecule is CCCCCCOC(CN)c1cccs1. The van der Waals surface area contributed by atoms with Crippen molar-refractivity contribution in [3.05, 3.63) is 22.4 Å². The van der Waals surface area contributed by atoms with Gasteiger partial charge in [-0.2, -0.15) is 0 Å². The van der Waals surface area contributed by atoms with Crippen molar-refractivity contribution in [2.75, 3.05) is 13.2 Å². The van der Waals surface area contributed by atoms with Crippen molar-refractivity contribution < 1.29 is 4.74 Å². The Labute approximate surface area is 96.4 Å². The van der Waals surface area contributed by atoms with Crippen LogP contribution >= 0.6 is 11.3 Å². The Morgan fingerprint density at radius 3 is 2.87 bits per heavy atom. The molecule has 0 aliphatic heterocycles. The summed E-state index contributed by atoms with van der Waals surface area (Å²) in [6, 6.07) is 4.14. The van der Waals surface area contributed by atoms with Crippen molar-refractivity contribution in [2.45, 2.75) is 38.7 Å². The lowest BCUT2D eigenvalue weighted by atomic mass is 10.2. The molecule has 0 saturated heterocycles.